The molecule has 2 aliphatic heterocycles. The zero-order chi connectivity index (χ0) is 28.1. The largest absolute Gasteiger partial charge is 0.507 e. The first-order valence-corrected chi connectivity index (χ1v) is 13.0. The number of aliphatic hydroxyl groups excluding tert-OH is 1. The van der Waals surface area contributed by atoms with Crippen LogP contribution in [0.4, 0.5) is 4.39 Å². The molecule has 2 aliphatic rings. The highest BCUT2D eigenvalue weighted by atomic mass is 19.1. The lowest BCUT2D eigenvalue weighted by atomic mass is 9.94. The number of carbonyl (C=O) groups is 2. The maximum Gasteiger partial charge on any atom is 0.295 e. The number of methoxy groups -OCH3 is 2. The van der Waals surface area contributed by atoms with Crippen LogP contribution in [-0.2, 0) is 14.3 Å². The molecule has 0 bridgehead atoms. The molecule has 2 aromatic rings. The van der Waals surface area contributed by atoms with E-state index in [1.54, 1.807) is 32.0 Å². The van der Waals surface area contributed by atoms with Crippen LogP contribution in [0.3, 0.4) is 0 Å². The Hall–Kier alpha value is -3.63. The molecule has 1 N–H and O–H groups in total. The molecule has 0 aromatic heterocycles. The molecule has 0 radical (unpaired) electrons. The number of benzene rings is 2. The molecule has 4 rings (SSSR count). The summed E-state index contributed by atoms with van der Waals surface area (Å²) in [5.41, 5.74) is 0.390. The van der Waals surface area contributed by atoms with Gasteiger partial charge < -0.3 is 29.0 Å². The molecule has 1 amide bonds. The summed E-state index contributed by atoms with van der Waals surface area (Å²) in [4.78, 5) is 30.4. The summed E-state index contributed by atoms with van der Waals surface area (Å²) in [6.07, 6.45) is 0.355. The Morgan fingerprint density at radius 3 is 2.41 bits per heavy atom. The minimum atomic E-state index is -0.964. The van der Waals surface area contributed by atoms with Crippen molar-refractivity contribution in [2.24, 2.45) is 0 Å². The summed E-state index contributed by atoms with van der Waals surface area (Å²) in [7, 11) is 2.99. The van der Waals surface area contributed by atoms with Crippen LogP contribution in [-0.4, -0.2) is 86.3 Å². The molecule has 0 unspecified atom stereocenters. The number of halogens is 1. The number of amides is 1. The lowest BCUT2D eigenvalue weighted by Gasteiger charge is -2.29. The van der Waals surface area contributed by atoms with Crippen molar-refractivity contribution in [1.29, 1.82) is 0 Å². The predicted octanol–water partition coefficient (Wildman–Crippen LogP) is 3.77. The van der Waals surface area contributed by atoms with Crippen LogP contribution in [0.25, 0.3) is 5.76 Å². The topological polar surface area (TPSA) is 97.8 Å². The summed E-state index contributed by atoms with van der Waals surface area (Å²) >= 11 is 0. The maximum absolute atomic E-state index is 14.8. The molecule has 9 nitrogen and oxygen atoms in total. The van der Waals surface area contributed by atoms with Gasteiger partial charge in [0, 0.05) is 37.3 Å². The van der Waals surface area contributed by atoms with E-state index in [1.807, 2.05) is 0 Å². The summed E-state index contributed by atoms with van der Waals surface area (Å²) < 4.78 is 36.7. The average molecular weight is 543 g/mol. The van der Waals surface area contributed by atoms with Gasteiger partial charge in [-0.1, -0.05) is 0 Å². The van der Waals surface area contributed by atoms with Gasteiger partial charge in [0.15, 0.2) is 11.6 Å². The number of hydrogen-bond donors (Lipinski definition) is 1. The van der Waals surface area contributed by atoms with Crippen LogP contribution >= 0.6 is 0 Å². The number of likely N-dealkylation sites (tertiary alicyclic amines) is 1. The normalized spacial score (nSPS) is 19.5. The van der Waals surface area contributed by atoms with Gasteiger partial charge in [0.05, 0.1) is 45.2 Å². The quantitative estimate of drug-likeness (QED) is 0.275. The fourth-order valence-corrected chi connectivity index (χ4v) is 4.93. The van der Waals surface area contributed by atoms with Gasteiger partial charge in [0.2, 0.25) is 0 Å². The molecule has 0 saturated carbocycles. The zero-order valence-electron chi connectivity index (χ0n) is 22.7. The van der Waals surface area contributed by atoms with Gasteiger partial charge in [-0.15, -0.1) is 0 Å². The van der Waals surface area contributed by atoms with E-state index < -0.39 is 29.3 Å². The minimum absolute atomic E-state index is 0.0242. The molecule has 0 spiro atoms. The SMILES string of the molecule is COc1ccc(OC)c([C@H]2C(=C(O)c3ccc(OC(C)C)c(F)c3)C(=O)C(=O)N2CCCN2CCOCC2)c1. The lowest BCUT2D eigenvalue weighted by Crippen LogP contribution is -2.39. The molecule has 39 heavy (non-hydrogen) atoms. The van der Waals surface area contributed by atoms with Crippen molar-refractivity contribution in [3.63, 3.8) is 0 Å². The highest BCUT2D eigenvalue weighted by Crippen LogP contribution is 2.44. The number of aliphatic hydroxyl groups is 1. The Balaban J connectivity index is 1.76. The third-order valence-corrected chi connectivity index (χ3v) is 6.82. The molecule has 210 valence electrons. The Morgan fingerprint density at radius 2 is 1.77 bits per heavy atom. The van der Waals surface area contributed by atoms with E-state index in [0.29, 0.717) is 36.7 Å². The fraction of sp³-hybridized carbons (Fsp3) is 0.448. The van der Waals surface area contributed by atoms with Crippen molar-refractivity contribution in [3.8, 4) is 17.2 Å². The number of ketones is 1. The zero-order valence-corrected chi connectivity index (χ0v) is 22.7. The Bertz CT molecular complexity index is 1240. The van der Waals surface area contributed by atoms with Crippen LogP contribution in [0.1, 0.15) is 37.4 Å². The van der Waals surface area contributed by atoms with E-state index in [1.165, 1.54) is 31.3 Å². The van der Waals surface area contributed by atoms with Gasteiger partial charge in [-0.2, -0.15) is 0 Å². The second-order valence-electron chi connectivity index (χ2n) is 9.72. The number of rotatable bonds is 10. The van der Waals surface area contributed by atoms with Crippen LogP contribution in [0.15, 0.2) is 42.0 Å². The van der Waals surface area contributed by atoms with E-state index >= 15 is 0 Å². The molecule has 2 heterocycles. The summed E-state index contributed by atoms with van der Waals surface area (Å²) in [5.74, 6) is -1.83. The van der Waals surface area contributed by atoms with Crippen molar-refractivity contribution in [1.82, 2.24) is 9.80 Å². The van der Waals surface area contributed by atoms with Gasteiger partial charge in [-0.25, -0.2) is 4.39 Å². The molecule has 0 aliphatic carbocycles. The molecule has 10 heteroatoms. The van der Waals surface area contributed by atoms with E-state index in [-0.39, 0.29) is 29.5 Å². The van der Waals surface area contributed by atoms with Crippen molar-refractivity contribution in [3.05, 3.63) is 58.9 Å². The Labute approximate surface area is 227 Å². The van der Waals surface area contributed by atoms with Gasteiger partial charge in [0.1, 0.15) is 17.3 Å². The van der Waals surface area contributed by atoms with Crippen LogP contribution < -0.4 is 14.2 Å². The van der Waals surface area contributed by atoms with Crippen molar-refractivity contribution in [2.75, 3.05) is 53.6 Å². The molecule has 1 atom stereocenters. The van der Waals surface area contributed by atoms with Crippen molar-refractivity contribution in [2.45, 2.75) is 32.4 Å². The van der Waals surface area contributed by atoms with E-state index in [0.717, 1.165) is 25.7 Å². The number of morpholine rings is 1. The fourth-order valence-electron chi connectivity index (χ4n) is 4.93. The van der Waals surface area contributed by atoms with Gasteiger partial charge in [-0.3, -0.25) is 14.5 Å². The maximum atomic E-state index is 14.8. The monoisotopic (exact) mass is 542 g/mol. The van der Waals surface area contributed by atoms with Crippen molar-refractivity contribution < 1.29 is 38.0 Å². The smallest absolute Gasteiger partial charge is 0.295 e. The highest BCUT2D eigenvalue weighted by Gasteiger charge is 2.47. The van der Waals surface area contributed by atoms with Crippen LogP contribution in [0.2, 0.25) is 0 Å². The number of ether oxygens (including phenoxy) is 4. The van der Waals surface area contributed by atoms with E-state index in [4.69, 9.17) is 18.9 Å². The molecule has 2 fully saturated rings. The molecule has 2 saturated heterocycles. The van der Waals surface area contributed by atoms with Gasteiger partial charge >= 0.3 is 0 Å². The van der Waals surface area contributed by atoms with Crippen molar-refractivity contribution >= 4 is 17.4 Å². The van der Waals surface area contributed by atoms with E-state index in [9.17, 15) is 19.1 Å². The lowest BCUT2D eigenvalue weighted by molar-refractivity contribution is -0.140. The number of Topliss-reactive ketones (excluding diaryl/α,β-unsaturated/α-hetero) is 1. The summed E-state index contributed by atoms with van der Waals surface area (Å²) in [6, 6.07) is 8.05. The second kappa shape index (κ2) is 12.5. The first-order chi connectivity index (χ1) is 18.7. The molecule has 2 aromatic carbocycles. The van der Waals surface area contributed by atoms with Gasteiger partial charge in [0.25, 0.3) is 11.7 Å². The highest BCUT2D eigenvalue weighted by molar-refractivity contribution is 6.46. The second-order valence-corrected chi connectivity index (χ2v) is 9.72. The Morgan fingerprint density at radius 1 is 1.05 bits per heavy atom. The van der Waals surface area contributed by atoms with Crippen LogP contribution in [0.5, 0.6) is 17.2 Å². The average Bonchev–Trinajstić information content (AvgIpc) is 3.18. The first kappa shape index (κ1) is 28.4. The predicted molar refractivity (Wildman–Crippen MR) is 143 cm³/mol. The number of carbonyl (C=O) groups excluding carboxylic acids is 2. The molecular formula is C29H35FN2O7. The number of hydrogen-bond acceptors (Lipinski definition) is 8. The standard InChI is InChI=1S/C29H35FN2O7/c1-18(2)39-24-8-6-19(16-22(24)30)27(33)25-26(21-17-20(36-3)7-9-23(21)37-4)32(29(35)28(25)34)11-5-10-31-12-14-38-15-13-31/h6-9,16-18,26,33H,5,10-15H2,1-4H3/t26-/m0/s1. The third-order valence-electron chi connectivity index (χ3n) is 6.82. The third kappa shape index (κ3) is 6.17. The van der Waals surface area contributed by atoms with Gasteiger partial charge in [-0.05, 0) is 56.7 Å². The summed E-state index contributed by atoms with van der Waals surface area (Å²) in [5, 5.41) is 11.4. The van der Waals surface area contributed by atoms with E-state index in [2.05, 4.69) is 4.90 Å². The molecular weight excluding hydrogens is 507 g/mol. The Kier molecular flexibility index (Phi) is 9.08. The minimum Gasteiger partial charge on any atom is -0.507 e. The first-order valence-electron chi connectivity index (χ1n) is 13.0. The van der Waals surface area contributed by atoms with Crippen LogP contribution in [0, 0.1) is 5.82 Å². The number of nitrogens with zero attached hydrogens (tertiary/aromatic N) is 2. The summed E-state index contributed by atoms with van der Waals surface area (Å²) in [6.45, 7) is 7.44.